The minimum absolute atomic E-state index is 0.0210. The number of hydrogen-bond acceptors (Lipinski definition) is 4. The van der Waals surface area contributed by atoms with Crippen LogP contribution in [-0.4, -0.2) is 51.9 Å². The van der Waals surface area contributed by atoms with Crippen LogP contribution in [0, 0.1) is 0 Å². The summed E-state index contributed by atoms with van der Waals surface area (Å²) in [4.78, 5) is 24.6. The molecule has 0 N–H and O–H groups in total. The molecular weight excluding hydrogens is 300 g/mol. The van der Waals surface area contributed by atoms with Crippen LogP contribution in [0.2, 0.25) is 5.15 Å². The van der Waals surface area contributed by atoms with E-state index in [0.29, 0.717) is 10.7 Å². The first-order valence-corrected chi connectivity index (χ1v) is 7.62. The van der Waals surface area contributed by atoms with Gasteiger partial charge >= 0.3 is 0 Å². The monoisotopic (exact) mass is 316 g/mol. The number of carbonyl (C=O) groups excluding carboxylic acids is 1. The largest absolute Gasteiger partial charge is 0.336 e. The van der Waals surface area contributed by atoms with Crippen LogP contribution in [0.5, 0.6) is 0 Å². The van der Waals surface area contributed by atoms with Crippen molar-refractivity contribution in [3.8, 4) is 0 Å². The van der Waals surface area contributed by atoms with Crippen molar-refractivity contribution in [2.45, 2.75) is 6.54 Å². The Morgan fingerprint density at radius 3 is 2.45 bits per heavy atom. The van der Waals surface area contributed by atoms with Crippen LogP contribution >= 0.6 is 11.6 Å². The molecule has 0 bridgehead atoms. The molecule has 1 amide bonds. The Bertz CT molecular complexity index is 624. The van der Waals surface area contributed by atoms with Gasteiger partial charge in [-0.2, -0.15) is 0 Å². The lowest BCUT2D eigenvalue weighted by Crippen LogP contribution is -2.48. The number of nitrogens with zero attached hydrogens (tertiary/aromatic N) is 4. The number of aromatic nitrogens is 2. The van der Waals surface area contributed by atoms with E-state index in [9.17, 15) is 4.79 Å². The number of piperazine rings is 1. The van der Waals surface area contributed by atoms with Crippen molar-refractivity contribution in [2.75, 3.05) is 26.2 Å². The number of hydrogen-bond donors (Lipinski definition) is 0. The van der Waals surface area contributed by atoms with Gasteiger partial charge in [0.15, 0.2) is 0 Å². The van der Waals surface area contributed by atoms with Crippen LogP contribution in [0.25, 0.3) is 0 Å². The van der Waals surface area contributed by atoms with Gasteiger partial charge in [-0.25, -0.2) is 4.98 Å². The molecule has 0 atom stereocenters. The second-order valence-corrected chi connectivity index (χ2v) is 5.68. The second kappa shape index (κ2) is 6.85. The van der Waals surface area contributed by atoms with Gasteiger partial charge in [0.1, 0.15) is 5.15 Å². The number of amides is 1. The Morgan fingerprint density at radius 1 is 1.09 bits per heavy atom. The van der Waals surface area contributed by atoms with E-state index in [2.05, 4.69) is 14.9 Å². The third-order valence-corrected chi connectivity index (χ3v) is 4.01. The molecule has 22 heavy (non-hydrogen) atoms. The molecule has 2 aromatic heterocycles. The zero-order valence-electron chi connectivity index (χ0n) is 12.2. The van der Waals surface area contributed by atoms with Crippen molar-refractivity contribution < 1.29 is 4.79 Å². The van der Waals surface area contributed by atoms with E-state index in [0.717, 1.165) is 32.7 Å². The van der Waals surface area contributed by atoms with Crippen LogP contribution in [0.1, 0.15) is 15.9 Å². The maximum absolute atomic E-state index is 12.4. The van der Waals surface area contributed by atoms with Gasteiger partial charge in [0, 0.05) is 51.3 Å². The highest BCUT2D eigenvalue weighted by atomic mass is 35.5. The third kappa shape index (κ3) is 3.61. The van der Waals surface area contributed by atoms with Gasteiger partial charge in [-0.15, -0.1) is 0 Å². The van der Waals surface area contributed by atoms with Gasteiger partial charge in [-0.3, -0.25) is 14.7 Å². The minimum atomic E-state index is 0.0210. The zero-order valence-corrected chi connectivity index (χ0v) is 12.9. The SMILES string of the molecule is O=C(c1ccc(Cl)nc1)N1CCN(Cc2ccncc2)CC1. The molecule has 1 saturated heterocycles. The molecule has 2 aromatic rings. The summed E-state index contributed by atoms with van der Waals surface area (Å²) in [5.74, 6) is 0.0210. The molecule has 0 spiro atoms. The van der Waals surface area contributed by atoms with Crippen molar-refractivity contribution in [3.63, 3.8) is 0 Å². The van der Waals surface area contributed by atoms with E-state index >= 15 is 0 Å². The van der Waals surface area contributed by atoms with E-state index in [4.69, 9.17) is 11.6 Å². The first-order chi connectivity index (χ1) is 10.7. The lowest BCUT2D eigenvalue weighted by Gasteiger charge is -2.34. The zero-order chi connectivity index (χ0) is 15.4. The van der Waals surface area contributed by atoms with Crippen molar-refractivity contribution in [2.24, 2.45) is 0 Å². The molecule has 0 aromatic carbocycles. The van der Waals surface area contributed by atoms with Crippen LogP contribution in [-0.2, 0) is 6.54 Å². The lowest BCUT2D eigenvalue weighted by molar-refractivity contribution is 0.0628. The molecule has 5 nitrogen and oxygen atoms in total. The summed E-state index contributed by atoms with van der Waals surface area (Å²) in [5.41, 5.74) is 1.84. The predicted molar refractivity (Wildman–Crippen MR) is 84.7 cm³/mol. The normalized spacial score (nSPS) is 15.8. The molecule has 0 saturated carbocycles. The lowest BCUT2D eigenvalue weighted by atomic mass is 10.2. The standard InChI is InChI=1S/C16H17ClN4O/c17-15-2-1-14(11-19-15)16(22)21-9-7-20(8-10-21)12-13-3-5-18-6-4-13/h1-6,11H,7-10,12H2. The van der Waals surface area contributed by atoms with Crippen LogP contribution in [0.4, 0.5) is 0 Å². The van der Waals surface area contributed by atoms with Crippen molar-refractivity contribution >= 4 is 17.5 Å². The molecule has 1 fully saturated rings. The average molecular weight is 317 g/mol. The quantitative estimate of drug-likeness (QED) is 0.814. The molecule has 1 aliphatic heterocycles. The van der Waals surface area contributed by atoms with E-state index in [-0.39, 0.29) is 5.91 Å². The van der Waals surface area contributed by atoms with Gasteiger partial charge < -0.3 is 4.90 Å². The fourth-order valence-electron chi connectivity index (χ4n) is 2.54. The van der Waals surface area contributed by atoms with E-state index < -0.39 is 0 Å². The van der Waals surface area contributed by atoms with Crippen LogP contribution < -0.4 is 0 Å². The third-order valence-electron chi connectivity index (χ3n) is 3.79. The molecule has 6 heteroatoms. The van der Waals surface area contributed by atoms with Crippen molar-refractivity contribution in [3.05, 3.63) is 59.1 Å². The highest BCUT2D eigenvalue weighted by Crippen LogP contribution is 2.12. The average Bonchev–Trinajstić information content (AvgIpc) is 2.57. The van der Waals surface area contributed by atoms with Gasteiger partial charge in [-0.1, -0.05) is 11.6 Å². The Balaban J connectivity index is 1.55. The summed E-state index contributed by atoms with van der Waals surface area (Å²) in [6.45, 7) is 4.09. The Labute approximate surface area is 134 Å². The smallest absolute Gasteiger partial charge is 0.255 e. The summed E-state index contributed by atoms with van der Waals surface area (Å²) in [5, 5.41) is 0.402. The summed E-state index contributed by atoms with van der Waals surface area (Å²) >= 11 is 5.75. The highest BCUT2D eigenvalue weighted by Gasteiger charge is 2.22. The molecular formula is C16H17ClN4O. The van der Waals surface area contributed by atoms with E-state index in [1.54, 1.807) is 12.1 Å². The van der Waals surface area contributed by atoms with Gasteiger partial charge in [0.05, 0.1) is 5.56 Å². The molecule has 0 aliphatic carbocycles. The topological polar surface area (TPSA) is 49.3 Å². The minimum Gasteiger partial charge on any atom is -0.336 e. The first kappa shape index (κ1) is 14.9. The van der Waals surface area contributed by atoms with E-state index in [1.807, 2.05) is 29.4 Å². The van der Waals surface area contributed by atoms with Crippen LogP contribution in [0.15, 0.2) is 42.9 Å². The number of rotatable bonds is 3. The Hall–Kier alpha value is -1.98. The number of pyridine rings is 2. The molecule has 3 heterocycles. The van der Waals surface area contributed by atoms with Crippen molar-refractivity contribution in [1.82, 2.24) is 19.8 Å². The maximum Gasteiger partial charge on any atom is 0.255 e. The summed E-state index contributed by atoms with van der Waals surface area (Å²) in [6, 6.07) is 7.42. The first-order valence-electron chi connectivity index (χ1n) is 7.24. The van der Waals surface area contributed by atoms with Gasteiger partial charge in [-0.05, 0) is 29.8 Å². The van der Waals surface area contributed by atoms with E-state index in [1.165, 1.54) is 11.8 Å². The summed E-state index contributed by atoms with van der Waals surface area (Å²) < 4.78 is 0. The number of halogens is 1. The molecule has 114 valence electrons. The predicted octanol–water partition coefficient (Wildman–Crippen LogP) is 2.09. The summed E-state index contributed by atoms with van der Waals surface area (Å²) in [7, 11) is 0. The molecule has 0 unspecified atom stereocenters. The number of carbonyl (C=O) groups is 1. The molecule has 3 rings (SSSR count). The highest BCUT2D eigenvalue weighted by molar-refractivity contribution is 6.29. The van der Waals surface area contributed by atoms with Gasteiger partial charge in [0.2, 0.25) is 0 Å². The molecule has 0 radical (unpaired) electrons. The van der Waals surface area contributed by atoms with Crippen LogP contribution in [0.3, 0.4) is 0 Å². The second-order valence-electron chi connectivity index (χ2n) is 5.29. The Morgan fingerprint density at radius 2 is 1.82 bits per heavy atom. The summed E-state index contributed by atoms with van der Waals surface area (Å²) in [6.07, 6.45) is 5.15. The fourth-order valence-corrected chi connectivity index (χ4v) is 2.65. The fraction of sp³-hybridized carbons (Fsp3) is 0.312. The maximum atomic E-state index is 12.4. The Kier molecular flexibility index (Phi) is 4.65. The van der Waals surface area contributed by atoms with Crippen molar-refractivity contribution in [1.29, 1.82) is 0 Å². The van der Waals surface area contributed by atoms with Gasteiger partial charge in [0.25, 0.3) is 5.91 Å². The molecule has 1 aliphatic rings.